The van der Waals surface area contributed by atoms with Crippen LogP contribution in [-0.2, 0) is 0 Å². The largest absolute Gasteiger partial charge is 0.353 e. The molecule has 0 aromatic carbocycles. The number of rotatable bonds is 5. The van der Waals surface area contributed by atoms with Crippen LogP contribution in [0.2, 0.25) is 0 Å². The molecule has 0 aliphatic carbocycles. The average molecular weight is 272 g/mol. The molecule has 1 aliphatic heterocycles. The molecule has 1 aromatic heterocycles. The molecule has 1 aliphatic rings. The smallest absolute Gasteiger partial charge is 0.208 e. The normalized spacial score (nSPS) is 20.5. The summed E-state index contributed by atoms with van der Waals surface area (Å²) in [5, 5.41) is 12.8. The second-order valence-corrected chi connectivity index (χ2v) is 6.89. The van der Waals surface area contributed by atoms with Crippen LogP contribution in [0, 0.1) is 5.92 Å². The lowest BCUT2D eigenvalue weighted by Crippen LogP contribution is -2.29. The molecular formula is C11H20N4S2. The van der Waals surface area contributed by atoms with Gasteiger partial charge in [0.2, 0.25) is 5.13 Å². The highest BCUT2D eigenvalue weighted by molar-refractivity contribution is 8.01. The summed E-state index contributed by atoms with van der Waals surface area (Å²) in [4.78, 5) is 2.01. The third kappa shape index (κ3) is 4.12. The van der Waals surface area contributed by atoms with E-state index in [2.05, 4.69) is 15.5 Å². The van der Waals surface area contributed by atoms with E-state index in [9.17, 15) is 0 Å². The number of hydrogen-bond acceptors (Lipinski definition) is 6. The van der Waals surface area contributed by atoms with Crippen molar-refractivity contribution in [1.29, 1.82) is 0 Å². The Labute approximate surface area is 111 Å². The summed E-state index contributed by atoms with van der Waals surface area (Å²) in [5.41, 5.74) is 0. The fraction of sp³-hybridized carbons (Fsp3) is 0.818. The minimum absolute atomic E-state index is 0.859. The van der Waals surface area contributed by atoms with E-state index in [1.807, 2.05) is 30.8 Å². The molecule has 4 nitrogen and oxygen atoms in total. The Morgan fingerprint density at radius 1 is 1.47 bits per heavy atom. The number of nitrogens with zero attached hydrogens (tertiary/aromatic N) is 3. The van der Waals surface area contributed by atoms with E-state index in [0.717, 1.165) is 21.1 Å². The number of thioether (sulfide) groups is 1. The summed E-state index contributed by atoms with van der Waals surface area (Å²) in [6.45, 7) is 2.39. The van der Waals surface area contributed by atoms with E-state index < -0.39 is 0 Å². The lowest BCUT2D eigenvalue weighted by Gasteiger charge is -2.22. The summed E-state index contributed by atoms with van der Waals surface area (Å²) in [7, 11) is 4.01. The molecule has 1 fully saturated rings. The second-order valence-electron chi connectivity index (χ2n) is 4.59. The maximum atomic E-state index is 4.19. The van der Waals surface area contributed by atoms with Crippen molar-refractivity contribution < 1.29 is 0 Å². The van der Waals surface area contributed by atoms with Gasteiger partial charge in [-0.15, -0.1) is 10.2 Å². The van der Waals surface area contributed by atoms with Crippen molar-refractivity contribution in [2.75, 3.05) is 37.8 Å². The van der Waals surface area contributed by atoms with Crippen molar-refractivity contribution in [1.82, 2.24) is 15.5 Å². The number of nitrogens with one attached hydrogen (secondary N) is 1. The average Bonchev–Trinajstić information content (AvgIpc) is 2.79. The Kier molecular flexibility index (Phi) is 5.06. The van der Waals surface area contributed by atoms with Gasteiger partial charge in [0, 0.05) is 19.8 Å². The Hall–Kier alpha value is -0.330. The fourth-order valence-corrected chi connectivity index (χ4v) is 3.86. The lowest BCUT2D eigenvalue weighted by atomic mass is 9.97. The van der Waals surface area contributed by atoms with Gasteiger partial charge < -0.3 is 10.2 Å². The molecule has 2 heterocycles. The quantitative estimate of drug-likeness (QED) is 0.831. The highest BCUT2D eigenvalue weighted by atomic mass is 32.2. The van der Waals surface area contributed by atoms with E-state index in [1.54, 1.807) is 11.3 Å². The summed E-state index contributed by atoms with van der Waals surface area (Å²) >= 11 is 3.52. The van der Waals surface area contributed by atoms with E-state index in [-0.39, 0.29) is 0 Å². The first-order valence-electron chi connectivity index (χ1n) is 6.10. The Morgan fingerprint density at radius 3 is 3.00 bits per heavy atom. The summed E-state index contributed by atoms with van der Waals surface area (Å²) in [5.74, 6) is 2.02. The van der Waals surface area contributed by atoms with Crippen molar-refractivity contribution in [2.24, 2.45) is 5.92 Å². The van der Waals surface area contributed by atoms with E-state index in [1.165, 1.54) is 32.4 Å². The van der Waals surface area contributed by atoms with Crippen LogP contribution < -0.4 is 10.2 Å². The van der Waals surface area contributed by atoms with Crippen LogP contribution in [-0.4, -0.2) is 43.1 Å². The van der Waals surface area contributed by atoms with Gasteiger partial charge in [0.25, 0.3) is 0 Å². The highest BCUT2D eigenvalue weighted by Gasteiger charge is 2.13. The predicted octanol–water partition coefficient (Wildman–Crippen LogP) is 2.09. The molecule has 1 unspecified atom stereocenters. The zero-order valence-corrected chi connectivity index (χ0v) is 12.1. The van der Waals surface area contributed by atoms with Gasteiger partial charge in [-0.1, -0.05) is 23.1 Å². The molecule has 17 heavy (non-hydrogen) atoms. The molecule has 1 aromatic rings. The van der Waals surface area contributed by atoms with Crippen LogP contribution in [0.3, 0.4) is 0 Å². The SMILES string of the molecule is CN(C)c1nnc(SCCC2CCCNC2)s1. The van der Waals surface area contributed by atoms with Crippen LogP contribution in [0.15, 0.2) is 4.34 Å². The molecule has 2 rings (SSSR count). The lowest BCUT2D eigenvalue weighted by molar-refractivity contribution is 0.371. The van der Waals surface area contributed by atoms with Crippen molar-refractivity contribution in [2.45, 2.75) is 23.6 Å². The molecule has 0 radical (unpaired) electrons. The topological polar surface area (TPSA) is 41.1 Å². The van der Waals surface area contributed by atoms with Crippen molar-refractivity contribution in [3.05, 3.63) is 0 Å². The van der Waals surface area contributed by atoms with Gasteiger partial charge in [0.1, 0.15) is 0 Å². The molecule has 0 amide bonds. The fourth-order valence-electron chi connectivity index (χ4n) is 1.92. The zero-order chi connectivity index (χ0) is 12.1. The molecule has 0 spiro atoms. The molecule has 0 saturated carbocycles. The standard InChI is InChI=1S/C11H20N4S2/c1-15(2)10-13-14-11(17-10)16-7-5-9-4-3-6-12-8-9/h9,12H,3-8H2,1-2H3. The zero-order valence-electron chi connectivity index (χ0n) is 10.5. The molecule has 1 N–H and O–H groups in total. The number of anilines is 1. The first-order chi connectivity index (χ1) is 8.25. The van der Waals surface area contributed by atoms with Gasteiger partial charge in [0.15, 0.2) is 4.34 Å². The third-order valence-corrected chi connectivity index (χ3v) is 5.19. The maximum Gasteiger partial charge on any atom is 0.208 e. The number of piperidine rings is 1. The van der Waals surface area contributed by atoms with Crippen LogP contribution >= 0.6 is 23.1 Å². The van der Waals surface area contributed by atoms with Crippen LogP contribution in [0.4, 0.5) is 5.13 Å². The molecule has 1 saturated heterocycles. The van der Waals surface area contributed by atoms with Crippen LogP contribution in [0.25, 0.3) is 0 Å². The first kappa shape index (κ1) is 13.1. The number of hydrogen-bond donors (Lipinski definition) is 1. The van der Waals surface area contributed by atoms with Gasteiger partial charge in [-0.3, -0.25) is 0 Å². The molecule has 96 valence electrons. The molecule has 0 bridgehead atoms. The molecular weight excluding hydrogens is 252 g/mol. The monoisotopic (exact) mass is 272 g/mol. The summed E-state index contributed by atoms with van der Waals surface area (Å²) in [6, 6.07) is 0. The van der Waals surface area contributed by atoms with E-state index in [4.69, 9.17) is 0 Å². The van der Waals surface area contributed by atoms with Crippen LogP contribution in [0.1, 0.15) is 19.3 Å². The second kappa shape index (κ2) is 6.56. The molecule has 1 atom stereocenters. The Bertz CT molecular complexity index is 334. The minimum Gasteiger partial charge on any atom is -0.353 e. The van der Waals surface area contributed by atoms with Crippen LogP contribution in [0.5, 0.6) is 0 Å². The maximum absolute atomic E-state index is 4.19. The van der Waals surface area contributed by atoms with Gasteiger partial charge in [-0.25, -0.2) is 0 Å². The highest BCUT2D eigenvalue weighted by Crippen LogP contribution is 2.28. The minimum atomic E-state index is 0.859. The summed E-state index contributed by atoms with van der Waals surface area (Å²) in [6.07, 6.45) is 4.00. The van der Waals surface area contributed by atoms with Gasteiger partial charge in [-0.05, 0) is 38.3 Å². The van der Waals surface area contributed by atoms with E-state index in [0.29, 0.717) is 0 Å². The van der Waals surface area contributed by atoms with Gasteiger partial charge in [0.05, 0.1) is 0 Å². The third-order valence-electron chi connectivity index (χ3n) is 2.93. The Balaban J connectivity index is 1.70. The van der Waals surface area contributed by atoms with E-state index >= 15 is 0 Å². The van der Waals surface area contributed by atoms with Gasteiger partial charge >= 0.3 is 0 Å². The van der Waals surface area contributed by atoms with Crippen molar-refractivity contribution in [3.63, 3.8) is 0 Å². The number of aromatic nitrogens is 2. The van der Waals surface area contributed by atoms with Crippen molar-refractivity contribution in [3.8, 4) is 0 Å². The predicted molar refractivity (Wildman–Crippen MR) is 75.2 cm³/mol. The van der Waals surface area contributed by atoms with Crippen molar-refractivity contribution >= 4 is 28.2 Å². The first-order valence-corrected chi connectivity index (χ1v) is 7.90. The molecule has 6 heteroatoms. The Morgan fingerprint density at radius 2 is 2.35 bits per heavy atom. The summed E-state index contributed by atoms with van der Waals surface area (Å²) < 4.78 is 1.09. The van der Waals surface area contributed by atoms with Gasteiger partial charge in [-0.2, -0.15) is 0 Å².